The number of hydrogen-bond acceptors (Lipinski definition) is 6. The molecule has 3 aliphatic heterocycles. The molecule has 3 rings (SSSR count). The van der Waals surface area contributed by atoms with Crippen LogP contribution in [0.15, 0.2) is 0 Å². The molecule has 6 atom stereocenters. The van der Waals surface area contributed by atoms with Crippen molar-refractivity contribution in [1.29, 1.82) is 0 Å². The summed E-state index contributed by atoms with van der Waals surface area (Å²) in [5, 5.41) is 0. The molecule has 0 amide bonds. The summed E-state index contributed by atoms with van der Waals surface area (Å²) < 4.78 is 34.3. The van der Waals surface area contributed by atoms with Crippen molar-refractivity contribution in [3.05, 3.63) is 0 Å². The van der Waals surface area contributed by atoms with Crippen molar-refractivity contribution in [2.75, 3.05) is 13.2 Å². The Hall–Kier alpha value is -0.680. The lowest BCUT2D eigenvalue weighted by Crippen LogP contribution is -2.43. The van der Waals surface area contributed by atoms with E-state index in [9.17, 15) is 0 Å². The Morgan fingerprint density at radius 2 is 2.05 bits per heavy atom. The summed E-state index contributed by atoms with van der Waals surface area (Å²) in [7, 11) is 0. The molecule has 0 N–H and O–H groups in total. The molecule has 0 bridgehead atoms. The van der Waals surface area contributed by atoms with Crippen molar-refractivity contribution < 1.29 is 28.4 Å². The molecule has 0 aromatic carbocycles. The topological polar surface area (TPSA) is 55.4 Å². The maximum Gasteiger partial charge on any atom is 0.190 e. The lowest BCUT2D eigenvalue weighted by molar-refractivity contribution is -0.230. The highest BCUT2D eigenvalue weighted by molar-refractivity contribution is 4.99. The Labute approximate surface area is 118 Å². The van der Waals surface area contributed by atoms with Crippen LogP contribution in [0.1, 0.15) is 20.8 Å². The van der Waals surface area contributed by atoms with E-state index in [0.717, 1.165) is 0 Å². The molecule has 6 nitrogen and oxygen atoms in total. The lowest BCUT2D eigenvalue weighted by Gasteiger charge is -2.27. The van der Waals surface area contributed by atoms with Gasteiger partial charge in [0.15, 0.2) is 18.4 Å². The summed E-state index contributed by atoms with van der Waals surface area (Å²) in [6.07, 6.45) is 3.44. The smallest absolute Gasteiger partial charge is 0.190 e. The highest BCUT2D eigenvalue weighted by Gasteiger charge is 2.58. The number of ether oxygens (including phenoxy) is 6. The fourth-order valence-electron chi connectivity index (χ4n) is 2.86. The van der Waals surface area contributed by atoms with Crippen LogP contribution in [-0.2, 0) is 28.4 Å². The number of fused-ring (bicyclic) bond motifs is 1. The average molecular weight is 284 g/mol. The molecular formula is C14H20O6. The summed E-state index contributed by atoms with van der Waals surface area (Å²) in [6.45, 7) is 6.20. The van der Waals surface area contributed by atoms with Gasteiger partial charge in [0.1, 0.15) is 31.0 Å². The van der Waals surface area contributed by atoms with Crippen LogP contribution < -0.4 is 0 Å². The predicted octanol–water partition coefficient (Wildman–Crippen LogP) is 0.643. The summed E-state index contributed by atoms with van der Waals surface area (Å²) >= 11 is 0. The van der Waals surface area contributed by atoms with Crippen LogP contribution in [-0.4, -0.2) is 56.0 Å². The van der Waals surface area contributed by atoms with Crippen molar-refractivity contribution in [1.82, 2.24) is 0 Å². The van der Waals surface area contributed by atoms with Gasteiger partial charge in [0, 0.05) is 0 Å². The second-order valence-corrected chi connectivity index (χ2v) is 5.62. The highest BCUT2D eigenvalue weighted by atomic mass is 16.8. The van der Waals surface area contributed by atoms with Crippen LogP contribution in [0.2, 0.25) is 0 Å². The molecule has 112 valence electrons. The number of hydrogen-bond donors (Lipinski definition) is 0. The Morgan fingerprint density at radius 3 is 2.70 bits per heavy atom. The molecule has 2 unspecified atom stereocenters. The molecule has 0 radical (unpaired) electrons. The molecule has 0 spiro atoms. The van der Waals surface area contributed by atoms with Crippen LogP contribution >= 0.6 is 0 Å². The Bertz CT molecular complexity index is 403. The van der Waals surface area contributed by atoms with Crippen molar-refractivity contribution >= 4 is 0 Å². The molecule has 3 fully saturated rings. The molecular weight excluding hydrogens is 264 g/mol. The third kappa shape index (κ3) is 2.58. The van der Waals surface area contributed by atoms with E-state index in [-0.39, 0.29) is 37.3 Å². The van der Waals surface area contributed by atoms with Gasteiger partial charge in [0.25, 0.3) is 0 Å². The van der Waals surface area contributed by atoms with Gasteiger partial charge in [-0.05, 0) is 20.8 Å². The first-order chi connectivity index (χ1) is 9.50. The van der Waals surface area contributed by atoms with Gasteiger partial charge in [-0.3, -0.25) is 0 Å². The first kappa shape index (κ1) is 14.3. The molecule has 6 heteroatoms. The summed E-state index contributed by atoms with van der Waals surface area (Å²) in [4.78, 5) is 0. The largest absolute Gasteiger partial charge is 0.360 e. The second-order valence-electron chi connectivity index (χ2n) is 5.62. The molecule has 3 aliphatic rings. The van der Waals surface area contributed by atoms with Crippen molar-refractivity contribution in [3.8, 4) is 12.3 Å². The number of rotatable bonds is 3. The zero-order valence-corrected chi connectivity index (χ0v) is 11.9. The fraction of sp³-hybridized carbons (Fsp3) is 0.857. The second kappa shape index (κ2) is 5.26. The Morgan fingerprint density at radius 1 is 1.25 bits per heavy atom. The van der Waals surface area contributed by atoms with E-state index in [1.807, 2.05) is 20.8 Å². The van der Waals surface area contributed by atoms with Gasteiger partial charge < -0.3 is 28.4 Å². The van der Waals surface area contributed by atoms with E-state index >= 15 is 0 Å². The monoisotopic (exact) mass is 284 g/mol. The molecule has 0 aromatic rings. The summed E-state index contributed by atoms with van der Waals surface area (Å²) in [6, 6.07) is 0. The van der Waals surface area contributed by atoms with E-state index in [1.54, 1.807) is 0 Å². The quantitative estimate of drug-likeness (QED) is 0.709. The predicted molar refractivity (Wildman–Crippen MR) is 67.6 cm³/mol. The maximum absolute atomic E-state index is 5.92. The van der Waals surface area contributed by atoms with Crippen LogP contribution in [0.25, 0.3) is 0 Å². The minimum Gasteiger partial charge on any atom is -0.360 e. The molecule has 0 aliphatic carbocycles. The third-order valence-electron chi connectivity index (χ3n) is 3.61. The van der Waals surface area contributed by atoms with E-state index in [4.69, 9.17) is 34.8 Å². The van der Waals surface area contributed by atoms with E-state index in [0.29, 0.717) is 6.61 Å². The van der Waals surface area contributed by atoms with Gasteiger partial charge in [-0.15, -0.1) is 6.42 Å². The average Bonchev–Trinajstić information content (AvgIpc) is 2.99. The minimum absolute atomic E-state index is 0.195. The fourth-order valence-corrected chi connectivity index (χ4v) is 2.86. The Balaban J connectivity index is 1.73. The molecule has 3 heterocycles. The SMILES string of the molecule is C#CCO[C@@H]1C2OC(C)(C)O[C@H]2O[C@@H]1[C@H]1COC(C)O1. The van der Waals surface area contributed by atoms with Crippen molar-refractivity contribution in [2.45, 2.75) is 63.6 Å². The van der Waals surface area contributed by atoms with Gasteiger partial charge >= 0.3 is 0 Å². The molecule has 3 saturated heterocycles. The standard InChI is InChI=1S/C14H20O6/c1-5-6-15-11-10(9-7-16-8(2)17-9)18-13-12(11)19-14(3,4)20-13/h1,8-13H,6-7H2,2-4H3/t8?,9-,10-,11+,12?,13-/m1/s1. The lowest BCUT2D eigenvalue weighted by atomic mass is 10.1. The van der Waals surface area contributed by atoms with Gasteiger partial charge in [-0.2, -0.15) is 0 Å². The molecule has 0 aromatic heterocycles. The van der Waals surface area contributed by atoms with E-state index in [1.165, 1.54) is 0 Å². The van der Waals surface area contributed by atoms with Gasteiger partial charge in [-0.1, -0.05) is 5.92 Å². The number of terminal acetylenes is 1. The zero-order valence-electron chi connectivity index (χ0n) is 11.9. The van der Waals surface area contributed by atoms with Crippen LogP contribution in [0.3, 0.4) is 0 Å². The van der Waals surface area contributed by atoms with E-state index in [2.05, 4.69) is 5.92 Å². The van der Waals surface area contributed by atoms with Gasteiger partial charge in [-0.25, -0.2) is 0 Å². The van der Waals surface area contributed by atoms with Crippen LogP contribution in [0.4, 0.5) is 0 Å². The first-order valence-electron chi connectivity index (χ1n) is 6.83. The summed E-state index contributed by atoms with van der Waals surface area (Å²) in [5.41, 5.74) is 0. The van der Waals surface area contributed by atoms with Crippen molar-refractivity contribution in [3.63, 3.8) is 0 Å². The Kier molecular flexibility index (Phi) is 3.75. The zero-order chi connectivity index (χ0) is 14.3. The first-order valence-corrected chi connectivity index (χ1v) is 6.83. The normalized spacial score (nSPS) is 46.3. The molecule has 0 saturated carbocycles. The highest BCUT2D eigenvalue weighted by Crippen LogP contribution is 2.40. The minimum atomic E-state index is -0.682. The van der Waals surface area contributed by atoms with Crippen LogP contribution in [0.5, 0.6) is 0 Å². The van der Waals surface area contributed by atoms with E-state index < -0.39 is 12.1 Å². The maximum atomic E-state index is 5.92. The van der Waals surface area contributed by atoms with Crippen molar-refractivity contribution in [2.24, 2.45) is 0 Å². The van der Waals surface area contributed by atoms with Crippen LogP contribution in [0, 0.1) is 12.3 Å². The molecule has 20 heavy (non-hydrogen) atoms. The van der Waals surface area contributed by atoms with Gasteiger partial charge in [0.05, 0.1) is 6.61 Å². The summed E-state index contributed by atoms with van der Waals surface area (Å²) in [5.74, 6) is 1.79. The third-order valence-corrected chi connectivity index (χ3v) is 3.61. The van der Waals surface area contributed by atoms with Gasteiger partial charge in [0.2, 0.25) is 0 Å².